The minimum Gasteiger partial charge on any atom is -0.316 e. The van der Waals surface area contributed by atoms with Crippen molar-refractivity contribution in [3.05, 3.63) is 17.0 Å². The van der Waals surface area contributed by atoms with Gasteiger partial charge < -0.3 is 10.2 Å². The fourth-order valence-electron chi connectivity index (χ4n) is 3.18. The Labute approximate surface area is 123 Å². The van der Waals surface area contributed by atoms with Crippen LogP contribution in [0.2, 0.25) is 0 Å². The highest BCUT2D eigenvalue weighted by molar-refractivity contribution is 5.24. The van der Waals surface area contributed by atoms with Crippen LogP contribution in [0, 0.1) is 13.8 Å². The van der Waals surface area contributed by atoms with Gasteiger partial charge >= 0.3 is 0 Å². The molecule has 4 nitrogen and oxygen atoms in total. The van der Waals surface area contributed by atoms with Gasteiger partial charge in [-0.15, -0.1) is 0 Å². The van der Waals surface area contributed by atoms with Gasteiger partial charge in [-0.25, -0.2) is 0 Å². The van der Waals surface area contributed by atoms with Crippen LogP contribution in [-0.4, -0.2) is 47.4 Å². The fourth-order valence-corrected chi connectivity index (χ4v) is 3.18. The van der Waals surface area contributed by atoms with Gasteiger partial charge in [0.1, 0.15) is 0 Å². The molecule has 0 saturated carbocycles. The molecular formula is C16H30N4. The summed E-state index contributed by atoms with van der Waals surface area (Å²) >= 11 is 0. The van der Waals surface area contributed by atoms with E-state index < -0.39 is 0 Å². The third-order valence-electron chi connectivity index (χ3n) is 4.41. The molecule has 0 spiro atoms. The molecule has 2 heterocycles. The van der Waals surface area contributed by atoms with Crippen LogP contribution >= 0.6 is 0 Å². The maximum atomic E-state index is 4.58. The van der Waals surface area contributed by atoms with Crippen LogP contribution in [0.4, 0.5) is 0 Å². The van der Waals surface area contributed by atoms with Crippen LogP contribution in [0.1, 0.15) is 43.1 Å². The summed E-state index contributed by atoms with van der Waals surface area (Å²) in [6.07, 6.45) is 5.16. The first-order chi connectivity index (χ1) is 9.72. The maximum Gasteiger partial charge on any atom is 0.0628 e. The van der Waals surface area contributed by atoms with E-state index in [4.69, 9.17) is 0 Å². The van der Waals surface area contributed by atoms with Crippen molar-refractivity contribution in [2.24, 2.45) is 0 Å². The highest BCUT2D eigenvalue weighted by atomic mass is 15.3. The zero-order valence-corrected chi connectivity index (χ0v) is 13.4. The number of hydrogen-bond acceptors (Lipinski definition) is 3. The zero-order valence-electron chi connectivity index (χ0n) is 13.4. The summed E-state index contributed by atoms with van der Waals surface area (Å²) in [6, 6.07) is 0. The lowest BCUT2D eigenvalue weighted by atomic mass is 10.1. The molecule has 0 unspecified atom stereocenters. The molecule has 1 aromatic heterocycles. The molecule has 2 rings (SSSR count). The van der Waals surface area contributed by atoms with Crippen molar-refractivity contribution in [3.8, 4) is 0 Å². The second-order valence-electron chi connectivity index (χ2n) is 5.87. The average Bonchev–Trinajstić information content (AvgIpc) is 3.04. The smallest absolute Gasteiger partial charge is 0.0628 e. The molecule has 0 atom stereocenters. The van der Waals surface area contributed by atoms with Gasteiger partial charge in [-0.1, -0.05) is 0 Å². The predicted octanol–water partition coefficient (Wildman–Crippen LogP) is 2.14. The van der Waals surface area contributed by atoms with Crippen LogP contribution in [0.3, 0.4) is 0 Å². The topological polar surface area (TPSA) is 33.1 Å². The highest BCUT2D eigenvalue weighted by Crippen LogP contribution is 2.13. The van der Waals surface area contributed by atoms with Crippen LogP contribution in [0.5, 0.6) is 0 Å². The Hall–Kier alpha value is -0.870. The monoisotopic (exact) mass is 278 g/mol. The molecule has 0 amide bonds. The van der Waals surface area contributed by atoms with E-state index >= 15 is 0 Å². The number of aryl methyl sites for hydroxylation is 2. The van der Waals surface area contributed by atoms with Crippen LogP contribution in [0.15, 0.2) is 0 Å². The first kappa shape index (κ1) is 15.5. The van der Waals surface area contributed by atoms with E-state index in [-0.39, 0.29) is 0 Å². The van der Waals surface area contributed by atoms with Gasteiger partial charge in [0.2, 0.25) is 0 Å². The summed E-state index contributed by atoms with van der Waals surface area (Å²) in [5, 5.41) is 8.15. The van der Waals surface area contributed by atoms with E-state index in [1.54, 1.807) is 0 Å². The summed E-state index contributed by atoms with van der Waals surface area (Å²) in [5.74, 6) is 0. The summed E-state index contributed by atoms with van der Waals surface area (Å²) in [6.45, 7) is 13.5. The lowest BCUT2D eigenvalue weighted by Gasteiger charge is -2.14. The lowest BCUT2D eigenvalue weighted by Crippen LogP contribution is -2.26. The number of likely N-dealkylation sites (tertiary alicyclic amines) is 1. The summed E-state index contributed by atoms with van der Waals surface area (Å²) in [4.78, 5) is 2.58. The average molecular weight is 278 g/mol. The van der Waals surface area contributed by atoms with Crippen molar-refractivity contribution >= 4 is 0 Å². The number of aromatic nitrogens is 2. The minimum atomic E-state index is 0.968. The second-order valence-corrected chi connectivity index (χ2v) is 5.87. The quantitative estimate of drug-likeness (QED) is 0.740. The predicted molar refractivity (Wildman–Crippen MR) is 84.2 cm³/mol. The van der Waals surface area contributed by atoms with Gasteiger partial charge in [-0.05, 0) is 84.7 Å². The van der Waals surface area contributed by atoms with E-state index in [9.17, 15) is 0 Å². The largest absolute Gasteiger partial charge is 0.316 e. The van der Waals surface area contributed by atoms with Crippen molar-refractivity contribution in [1.82, 2.24) is 20.0 Å². The fraction of sp³-hybridized carbons (Fsp3) is 0.812. The van der Waals surface area contributed by atoms with E-state index in [0.29, 0.717) is 0 Å². The molecule has 1 aliphatic heterocycles. The van der Waals surface area contributed by atoms with Crippen molar-refractivity contribution in [2.75, 3.05) is 32.7 Å². The summed E-state index contributed by atoms with van der Waals surface area (Å²) < 4.78 is 2.11. The molecule has 1 N–H and O–H groups in total. The molecule has 20 heavy (non-hydrogen) atoms. The number of nitrogens with one attached hydrogen (secondary N) is 1. The van der Waals surface area contributed by atoms with Crippen molar-refractivity contribution in [2.45, 2.75) is 53.0 Å². The summed E-state index contributed by atoms with van der Waals surface area (Å²) in [7, 11) is 0. The Morgan fingerprint density at radius 3 is 2.55 bits per heavy atom. The number of hydrogen-bond donors (Lipinski definition) is 1. The molecule has 1 fully saturated rings. The van der Waals surface area contributed by atoms with Crippen molar-refractivity contribution < 1.29 is 0 Å². The third kappa shape index (κ3) is 4.06. The SMILES string of the molecule is CCn1nc(C)c(CCNCCCN2CCCC2)c1C. The lowest BCUT2D eigenvalue weighted by molar-refractivity contribution is 0.331. The Morgan fingerprint density at radius 1 is 1.15 bits per heavy atom. The second kappa shape index (κ2) is 7.79. The Balaban J connectivity index is 1.62. The third-order valence-corrected chi connectivity index (χ3v) is 4.41. The van der Waals surface area contributed by atoms with E-state index in [2.05, 4.69) is 40.8 Å². The van der Waals surface area contributed by atoms with Crippen LogP contribution in [-0.2, 0) is 13.0 Å². The first-order valence-corrected chi connectivity index (χ1v) is 8.18. The zero-order chi connectivity index (χ0) is 14.4. The van der Waals surface area contributed by atoms with Crippen molar-refractivity contribution in [3.63, 3.8) is 0 Å². The Kier molecular flexibility index (Phi) is 6.05. The highest BCUT2D eigenvalue weighted by Gasteiger charge is 2.11. The van der Waals surface area contributed by atoms with E-state index in [1.807, 2.05) is 0 Å². The van der Waals surface area contributed by atoms with Gasteiger partial charge in [0, 0.05) is 12.2 Å². The normalized spacial score (nSPS) is 16.1. The molecule has 0 bridgehead atoms. The summed E-state index contributed by atoms with van der Waals surface area (Å²) in [5.41, 5.74) is 3.96. The standard InChI is InChI=1S/C16H30N4/c1-4-20-15(3)16(14(2)18-20)8-10-17-9-7-13-19-11-5-6-12-19/h17H,4-13H2,1-3H3. The van der Waals surface area contributed by atoms with Gasteiger partial charge in [-0.3, -0.25) is 4.68 Å². The van der Waals surface area contributed by atoms with Crippen LogP contribution in [0.25, 0.3) is 0 Å². The van der Waals surface area contributed by atoms with Crippen molar-refractivity contribution in [1.29, 1.82) is 0 Å². The minimum absolute atomic E-state index is 0.968. The molecule has 1 aromatic rings. The molecule has 4 heteroatoms. The van der Waals surface area contributed by atoms with Gasteiger partial charge in [0.25, 0.3) is 0 Å². The van der Waals surface area contributed by atoms with Gasteiger partial charge in [0.15, 0.2) is 0 Å². The van der Waals surface area contributed by atoms with Gasteiger partial charge in [0.05, 0.1) is 5.69 Å². The molecule has 0 aromatic carbocycles. The Bertz CT molecular complexity index is 405. The molecular weight excluding hydrogens is 248 g/mol. The first-order valence-electron chi connectivity index (χ1n) is 8.18. The van der Waals surface area contributed by atoms with Crippen LogP contribution < -0.4 is 5.32 Å². The molecule has 114 valence electrons. The van der Waals surface area contributed by atoms with Gasteiger partial charge in [-0.2, -0.15) is 5.10 Å². The van der Waals surface area contributed by atoms with E-state index in [0.717, 1.165) is 26.1 Å². The molecule has 0 aliphatic carbocycles. The maximum absolute atomic E-state index is 4.58. The van der Waals surface area contributed by atoms with E-state index in [1.165, 1.54) is 55.8 Å². The molecule has 1 aliphatic rings. The number of nitrogens with zero attached hydrogens (tertiary/aromatic N) is 3. The molecule has 0 radical (unpaired) electrons. The molecule has 1 saturated heterocycles. The Morgan fingerprint density at radius 2 is 1.90 bits per heavy atom. The number of rotatable bonds is 8.